The Labute approximate surface area is 85.4 Å². The van der Waals surface area contributed by atoms with Gasteiger partial charge in [0.15, 0.2) is 0 Å². The third kappa shape index (κ3) is 2.14. The monoisotopic (exact) mass is 219 g/mol. The molecule has 82 valence electrons. The van der Waals surface area contributed by atoms with Gasteiger partial charge in [0.1, 0.15) is 0 Å². The molecule has 0 aromatic heterocycles. The van der Waals surface area contributed by atoms with Crippen molar-refractivity contribution in [1.82, 2.24) is 8.61 Å². The minimum Gasteiger partial charge on any atom is -0.330 e. The van der Waals surface area contributed by atoms with Crippen LogP contribution in [-0.4, -0.2) is 50.3 Å². The van der Waals surface area contributed by atoms with Crippen LogP contribution in [0.4, 0.5) is 0 Å². The van der Waals surface area contributed by atoms with Gasteiger partial charge in [-0.15, -0.1) is 6.58 Å². The summed E-state index contributed by atoms with van der Waals surface area (Å²) < 4.78 is 26.2. The molecular formula is C8H17N3O2S. The lowest BCUT2D eigenvalue weighted by atomic mass is 10.1. The maximum absolute atomic E-state index is 11.7. The van der Waals surface area contributed by atoms with Crippen molar-refractivity contribution in [2.45, 2.75) is 0 Å². The van der Waals surface area contributed by atoms with Gasteiger partial charge in [-0.1, -0.05) is 6.08 Å². The molecular weight excluding hydrogens is 202 g/mol. The second-order valence-electron chi connectivity index (χ2n) is 3.50. The highest BCUT2D eigenvalue weighted by molar-refractivity contribution is 7.86. The molecule has 0 aromatic rings. The van der Waals surface area contributed by atoms with E-state index in [1.54, 1.807) is 13.1 Å². The van der Waals surface area contributed by atoms with Crippen molar-refractivity contribution in [3.63, 3.8) is 0 Å². The molecule has 0 bridgehead atoms. The molecule has 1 aliphatic rings. The molecule has 0 radical (unpaired) electrons. The van der Waals surface area contributed by atoms with Gasteiger partial charge >= 0.3 is 0 Å². The highest BCUT2D eigenvalue weighted by Gasteiger charge is 2.34. The van der Waals surface area contributed by atoms with Gasteiger partial charge in [0.25, 0.3) is 10.2 Å². The Morgan fingerprint density at radius 3 is 2.71 bits per heavy atom. The number of rotatable bonds is 3. The van der Waals surface area contributed by atoms with E-state index in [0.29, 0.717) is 26.2 Å². The van der Waals surface area contributed by atoms with Crippen molar-refractivity contribution in [3.8, 4) is 0 Å². The van der Waals surface area contributed by atoms with Crippen LogP contribution >= 0.6 is 0 Å². The maximum atomic E-state index is 11.7. The molecule has 0 spiro atoms. The summed E-state index contributed by atoms with van der Waals surface area (Å²) in [7, 11) is -1.69. The van der Waals surface area contributed by atoms with Gasteiger partial charge in [-0.05, 0) is 12.5 Å². The van der Waals surface area contributed by atoms with Crippen LogP contribution in [0.3, 0.4) is 0 Å². The molecule has 0 saturated carbocycles. The molecule has 5 nitrogen and oxygen atoms in total. The molecule has 0 aliphatic carbocycles. The fraction of sp³-hybridized carbons (Fsp3) is 0.750. The highest BCUT2D eigenvalue weighted by Crippen LogP contribution is 2.17. The van der Waals surface area contributed by atoms with E-state index in [0.717, 1.165) is 0 Å². The van der Waals surface area contributed by atoms with Gasteiger partial charge in [0, 0.05) is 26.7 Å². The van der Waals surface area contributed by atoms with E-state index in [1.807, 2.05) is 0 Å². The molecule has 1 atom stereocenters. The Hall–Kier alpha value is -0.430. The van der Waals surface area contributed by atoms with Crippen LogP contribution in [0.2, 0.25) is 0 Å². The van der Waals surface area contributed by atoms with Gasteiger partial charge in [0.05, 0.1) is 0 Å². The molecule has 1 heterocycles. The van der Waals surface area contributed by atoms with E-state index < -0.39 is 10.2 Å². The van der Waals surface area contributed by atoms with Gasteiger partial charge in [0.2, 0.25) is 0 Å². The number of nitrogens with two attached hydrogens (primary N) is 1. The second-order valence-corrected chi connectivity index (χ2v) is 5.53. The van der Waals surface area contributed by atoms with Crippen LogP contribution in [0.1, 0.15) is 0 Å². The summed E-state index contributed by atoms with van der Waals surface area (Å²) >= 11 is 0. The largest absolute Gasteiger partial charge is 0.330 e. The molecule has 1 aliphatic heterocycles. The normalized spacial score (nSPS) is 28.9. The third-order valence-electron chi connectivity index (χ3n) is 2.36. The topological polar surface area (TPSA) is 66.6 Å². The van der Waals surface area contributed by atoms with Gasteiger partial charge < -0.3 is 5.73 Å². The van der Waals surface area contributed by atoms with Gasteiger partial charge in [-0.25, -0.2) is 0 Å². The molecule has 1 saturated heterocycles. The van der Waals surface area contributed by atoms with Crippen molar-refractivity contribution in [3.05, 3.63) is 12.7 Å². The first-order valence-corrected chi connectivity index (χ1v) is 5.94. The van der Waals surface area contributed by atoms with Crippen LogP contribution in [0.25, 0.3) is 0 Å². The smallest absolute Gasteiger partial charge is 0.282 e. The van der Waals surface area contributed by atoms with Gasteiger partial charge in [-0.2, -0.15) is 17.0 Å². The first kappa shape index (κ1) is 11.6. The average Bonchev–Trinajstić information content (AvgIpc) is 2.13. The molecule has 0 aromatic carbocycles. The Bertz CT molecular complexity index is 302. The summed E-state index contributed by atoms with van der Waals surface area (Å²) in [5.41, 5.74) is 5.54. The predicted molar refractivity (Wildman–Crippen MR) is 55.9 cm³/mol. The summed E-state index contributed by atoms with van der Waals surface area (Å²) in [6, 6.07) is 0. The quantitative estimate of drug-likeness (QED) is 0.634. The van der Waals surface area contributed by atoms with Crippen LogP contribution in [0.15, 0.2) is 12.7 Å². The van der Waals surface area contributed by atoms with Crippen LogP contribution in [0, 0.1) is 5.92 Å². The minimum absolute atomic E-state index is 0.212. The molecule has 1 unspecified atom stereocenters. The Morgan fingerprint density at radius 1 is 1.57 bits per heavy atom. The molecule has 2 N–H and O–H groups in total. The SMILES string of the molecule is C=CCN1CC(CN)CN(C)S1(=O)=O. The van der Waals surface area contributed by atoms with E-state index in [9.17, 15) is 8.42 Å². The summed E-state index contributed by atoms with van der Waals surface area (Å²) in [5.74, 6) is 0.212. The lowest BCUT2D eigenvalue weighted by molar-refractivity contribution is 0.257. The molecule has 1 fully saturated rings. The Kier molecular flexibility index (Phi) is 3.65. The Morgan fingerprint density at radius 2 is 2.21 bits per heavy atom. The van der Waals surface area contributed by atoms with E-state index in [1.165, 1.54) is 8.61 Å². The summed E-state index contributed by atoms with van der Waals surface area (Å²) in [6.45, 7) is 5.40. The highest BCUT2D eigenvalue weighted by atomic mass is 32.2. The number of nitrogens with zero attached hydrogens (tertiary/aromatic N) is 2. The van der Waals surface area contributed by atoms with Crippen molar-refractivity contribution in [2.24, 2.45) is 11.7 Å². The summed E-state index contributed by atoms with van der Waals surface area (Å²) in [4.78, 5) is 0. The number of hydrogen-bond acceptors (Lipinski definition) is 3. The van der Waals surface area contributed by atoms with Crippen LogP contribution in [-0.2, 0) is 10.2 Å². The zero-order valence-electron chi connectivity index (χ0n) is 8.39. The molecule has 0 amide bonds. The van der Waals surface area contributed by atoms with Crippen molar-refractivity contribution < 1.29 is 8.42 Å². The van der Waals surface area contributed by atoms with Crippen molar-refractivity contribution in [1.29, 1.82) is 0 Å². The molecule has 14 heavy (non-hydrogen) atoms. The van der Waals surface area contributed by atoms with E-state index in [4.69, 9.17) is 5.73 Å². The predicted octanol–water partition coefficient (Wildman–Crippen LogP) is -0.760. The second kappa shape index (κ2) is 4.39. The first-order valence-electron chi connectivity index (χ1n) is 4.54. The van der Waals surface area contributed by atoms with E-state index >= 15 is 0 Å². The van der Waals surface area contributed by atoms with Crippen molar-refractivity contribution in [2.75, 3.05) is 33.2 Å². The third-order valence-corrected chi connectivity index (χ3v) is 4.25. The summed E-state index contributed by atoms with van der Waals surface area (Å²) in [6.07, 6.45) is 1.59. The zero-order chi connectivity index (χ0) is 10.8. The fourth-order valence-electron chi connectivity index (χ4n) is 1.56. The van der Waals surface area contributed by atoms with Crippen LogP contribution in [0.5, 0.6) is 0 Å². The van der Waals surface area contributed by atoms with E-state index in [-0.39, 0.29) is 5.92 Å². The lowest BCUT2D eigenvalue weighted by Crippen LogP contribution is -2.53. The lowest BCUT2D eigenvalue weighted by Gasteiger charge is -2.36. The average molecular weight is 219 g/mol. The van der Waals surface area contributed by atoms with Crippen LogP contribution < -0.4 is 5.73 Å². The Balaban J connectivity index is 2.83. The maximum Gasteiger partial charge on any atom is 0.282 e. The van der Waals surface area contributed by atoms with E-state index in [2.05, 4.69) is 6.58 Å². The zero-order valence-corrected chi connectivity index (χ0v) is 9.20. The number of hydrogen-bond donors (Lipinski definition) is 1. The molecule has 6 heteroatoms. The first-order chi connectivity index (χ1) is 6.52. The fourth-order valence-corrected chi connectivity index (χ4v) is 3.04. The van der Waals surface area contributed by atoms with Gasteiger partial charge in [-0.3, -0.25) is 0 Å². The minimum atomic E-state index is -3.27. The standard InChI is InChI=1S/C8H17N3O2S/c1-3-4-11-7-8(5-9)6-10(2)14(11,12)13/h3,8H,1,4-7,9H2,2H3. The molecule has 1 rings (SSSR count). The summed E-state index contributed by atoms with van der Waals surface area (Å²) in [5, 5.41) is 0. The van der Waals surface area contributed by atoms with Crippen molar-refractivity contribution >= 4 is 10.2 Å².